The minimum Gasteiger partial charge on any atom is -0.456 e. The first-order valence-corrected chi connectivity index (χ1v) is 20.0. The van der Waals surface area contributed by atoms with Crippen molar-refractivity contribution in [2.45, 2.75) is 57.8 Å². The van der Waals surface area contributed by atoms with Gasteiger partial charge in [-0.1, -0.05) is 175 Å². The molecule has 0 N–H and O–H groups in total. The summed E-state index contributed by atoms with van der Waals surface area (Å²) in [6.07, 6.45) is 0. The van der Waals surface area contributed by atoms with Gasteiger partial charge in [0.1, 0.15) is 11.5 Å². The summed E-state index contributed by atoms with van der Waals surface area (Å²) in [6.45, 7) is 14.0. The van der Waals surface area contributed by atoms with E-state index in [1.165, 1.54) is 94.2 Å². The molecule has 0 fully saturated rings. The number of benzene rings is 8. The van der Waals surface area contributed by atoms with Crippen LogP contribution >= 0.6 is 0 Å². The van der Waals surface area contributed by atoms with Crippen molar-refractivity contribution in [2.24, 2.45) is 0 Å². The highest BCUT2D eigenvalue weighted by atomic mass is 16.5. The molecule has 270 valence electrons. The summed E-state index contributed by atoms with van der Waals surface area (Å²) < 4.78 is 6.45. The SMILES string of the molecule is CC(C)(C)c1ccc2c(c1)C1(c3ccccc3-c3ccc(-c4cccc(-c5ccc6c7c(cccc57)-c5ccccc5O6)c4)cc31)c1cc(C(C)(C)C)ccc1-2. The molecule has 0 bridgehead atoms. The average molecular weight is 721 g/mol. The molecule has 2 aliphatic carbocycles. The average Bonchev–Trinajstić information content (AvgIpc) is 3.67. The summed E-state index contributed by atoms with van der Waals surface area (Å²) >= 11 is 0. The Balaban J connectivity index is 1.13. The second-order valence-corrected chi connectivity index (χ2v) is 18.1. The fourth-order valence-electron chi connectivity index (χ4n) is 9.99. The van der Waals surface area contributed by atoms with E-state index in [4.69, 9.17) is 4.74 Å². The van der Waals surface area contributed by atoms with Crippen LogP contribution in [0, 0.1) is 0 Å². The van der Waals surface area contributed by atoms with Crippen LogP contribution in [0.2, 0.25) is 0 Å². The van der Waals surface area contributed by atoms with E-state index in [1.54, 1.807) is 0 Å². The number of ether oxygens (including phenoxy) is 1. The van der Waals surface area contributed by atoms with E-state index in [1.807, 2.05) is 6.07 Å². The van der Waals surface area contributed by atoms with Crippen molar-refractivity contribution < 1.29 is 4.74 Å². The van der Waals surface area contributed by atoms with Crippen molar-refractivity contribution >= 4 is 10.8 Å². The highest BCUT2D eigenvalue weighted by Gasteiger charge is 2.52. The number of para-hydroxylation sites is 1. The van der Waals surface area contributed by atoms with Gasteiger partial charge in [0.05, 0.1) is 5.41 Å². The predicted octanol–water partition coefficient (Wildman–Crippen LogP) is 14.9. The van der Waals surface area contributed by atoms with Crippen LogP contribution in [0.4, 0.5) is 0 Å². The summed E-state index contributed by atoms with van der Waals surface area (Å²) in [5.74, 6) is 1.83. The maximum atomic E-state index is 6.45. The number of hydrogen-bond acceptors (Lipinski definition) is 1. The van der Waals surface area contributed by atoms with Crippen LogP contribution in [-0.4, -0.2) is 0 Å². The molecule has 1 spiro atoms. The van der Waals surface area contributed by atoms with Crippen molar-refractivity contribution in [3.8, 4) is 67.1 Å². The molecule has 8 aromatic rings. The molecule has 0 aromatic heterocycles. The smallest absolute Gasteiger partial charge is 0.135 e. The molecule has 1 heteroatoms. The van der Waals surface area contributed by atoms with Crippen LogP contribution in [0.15, 0.2) is 158 Å². The maximum absolute atomic E-state index is 6.45. The Bertz CT molecular complexity index is 2900. The van der Waals surface area contributed by atoms with E-state index in [2.05, 4.69) is 193 Å². The summed E-state index contributed by atoms with van der Waals surface area (Å²) in [5.41, 5.74) is 20.4. The monoisotopic (exact) mass is 720 g/mol. The molecule has 1 heterocycles. The minimum absolute atomic E-state index is 0.0159. The predicted molar refractivity (Wildman–Crippen MR) is 234 cm³/mol. The van der Waals surface area contributed by atoms with Crippen molar-refractivity contribution in [1.29, 1.82) is 0 Å². The van der Waals surface area contributed by atoms with Gasteiger partial charge in [-0.25, -0.2) is 0 Å². The van der Waals surface area contributed by atoms with Gasteiger partial charge < -0.3 is 4.74 Å². The van der Waals surface area contributed by atoms with Gasteiger partial charge in [-0.05, 0) is 124 Å². The van der Waals surface area contributed by atoms with E-state index in [0.29, 0.717) is 0 Å². The zero-order chi connectivity index (χ0) is 38.1. The van der Waals surface area contributed by atoms with Gasteiger partial charge in [0.2, 0.25) is 0 Å². The summed E-state index contributed by atoms with van der Waals surface area (Å²) in [5, 5.41) is 2.38. The first-order valence-electron chi connectivity index (χ1n) is 20.0. The van der Waals surface area contributed by atoms with Crippen molar-refractivity contribution in [1.82, 2.24) is 0 Å². The van der Waals surface area contributed by atoms with E-state index in [9.17, 15) is 0 Å². The number of fused-ring (bicyclic) bond motifs is 12. The topological polar surface area (TPSA) is 9.23 Å². The Morgan fingerprint density at radius 3 is 1.61 bits per heavy atom. The molecular weight excluding hydrogens is 677 g/mol. The van der Waals surface area contributed by atoms with E-state index >= 15 is 0 Å². The van der Waals surface area contributed by atoms with E-state index in [-0.39, 0.29) is 10.8 Å². The lowest BCUT2D eigenvalue weighted by Gasteiger charge is -2.33. The van der Waals surface area contributed by atoms with Gasteiger partial charge in [-0.3, -0.25) is 0 Å². The minimum atomic E-state index is -0.431. The largest absolute Gasteiger partial charge is 0.456 e. The van der Waals surface area contributed by atoms with Gasteiger partial charge >= 0.3 is 0 Å². The fraction of sp³-hybridized carbons (Fsp3) is 0.164. The van der Waals surface area contributed by atoms with E-state index < -0.39 is 5.41 Å². The maximum Gasteiger partial charge on any atom is 0.135 e. The van der Waals surface area contributed by atoms with Crippen molar-refractivity contribution in [2.75, 3.05) is 0 Å². The third-order valence-electron chi connectivity index (χ3n) is 12.8. The Morgan fingerprint density at radius 1 is 0.357 bits per heavy atom. The van der Waals surface area contributed by atoms with Crippen LogP contribution in [-0.2, 0) is 16.2 Å². The Labute approximate surface area is 330 Å². The molecule has 8 aromatic carbocycles. The van der Waals surface area contributed by atoms with Gasteiger partial charge in [0.15, 0.2) is 0 Å². The Morgan fingerprint density at radius 2 is 0.893 bits per heavy atom. The van der Waals surface area contributed by atoms with E-state index in [0.717, 1.165) is 17.1 Å². The van der Waals surface area contributed by atoms with Crippen molar-refractivity contribution in [3.63, 3.8) is 0 Å². The molecule has 0 atom stereocenters. The van der Waals surface area contributed by atoms with Crippen molar-refractivity contribution in [3.05, 3.63) is 191 Å². The van der Waals surface area contributed by atoms with Gasteiger partial charge in [-0.15, -0.1) is 0 Å². The van der Waals surface area contributed by atoms with Crippen LogP contribution in [0.5, 0.6) is 11.5 Å². The number of rotatable bonds is 2. The molecule has 1 nitrogen and oxygen atoms in total. The molecule has 0 unspecified atom stereocenters. The zero-order valence-corrected chi connectivity index (χ0v) is 32.9. The third-order valence-corrected chi connectivity index (χ3v) is 12.8. The second kappa shape index (κ2) is 11.4. The highest BCUT2D eigenvalue weighted by molar-refractivity contribution is 6.10. The standard InChI is InChI=1S/C55H44O/c1-53(2,3)36-22-25-41-42-26-23-37(54(4,5)6)32-49(42)55(48(41)31-36)46-19-9-7-15-39(46)40-24-21-34(30-47(40)55)33-13-11-14-35(29-33)38-27-28-51-52-44(38)17-12-18-45(52)43-16-8-10-20-50(43)56-51/h7-32H,1-6H3. The first kappa shape index (κ1) is 33.2. The molecule has 11 rings (SSSR count). The molecule has 0 saturated heterocycles. The van der Waals surface area contributed by atoms with Gasteiger partial charge in [-0.2, -0.15) is 0 Å². The van der Waals surface area contributed by atoms with Gasteiger partial charge in [0.25, 0.3) is 0 Å². The second-order valence-electron chi connectivity index (χ2n) is 18.1. The Kier molecular flexibility index (Phi) is 6.77. The van der Waals surface area contributed by atoms with Crippen LogP contribution < -0.4 is 4.74 Å². The molecular formula is C55H44O. The normalized spacial score (nSPS) is 14.2. The van der Waals surface area contributed by atoms with Crippen LogP contribution in [0.3, 0.4) is 0 Å². The van der Waals surface area contributed by atoms with Crippen LogP contribution in [0.1, 0.15) is 74.9 Å². The van der Waals surface area contributed by atoms with Crippen LogP contribution in [0.25, 0.3) is 66.4 Å². The fourth-order valence-corrected chi connectivity index (χ4v) is 9.99. The molecule has 0 radical (unpaired) electrons. The molecule has 56 heavy (non-hydrogen) atoms. The van der Waals surface area contributed by atoms with Gasteiger partial charge in [0, 0.05) is 10.9 Å². The first-order chi connectivity index (χ1) is 27.0. The lowest BCUT2D eigenvalue weighted by Crippen LogP contribution is -2.27. The molecule has 0 saturated carbocycles. The summed E-state index contributed by atoms with van der Waals surface area (Å²) in [4.78, 5) is 0. The quantitative estimate of drug-likeness (QED) is 0.173. The highest BCUT2D eigenvalue weighted by Crippen LogP contribution is 2.64. The zero-order valence-electron chi connectivity index (χ0n) is 32.9. The summed E-state index contributed by atoms with van der Waals surface area (Å²) in [6, 6.07) is 59.5. The third kappa shape index (κ3) is 4.55. The molecule has 1 aliphatic heterocycles. The summed E-state index contributed by atoms with van der Waals surface area (Å²) in [7, 11) is 0. The lowest BCUT2D eigenvalue weighted by molar-refractivity contribution is 0.487. The number of hydrogen-bond donors (Lipinski definition) is 0. The molecule has 0 amide bonds. The lowest BCUT2D eigenvalue weighted by atomic mass is 9.68. The molecule has 3 aliphatic rings. The Hall–Kier alpha value is -6.18.